The van der Waals surface area contributed by atoms with Crippen molar-refractivity contribution in [2.75, 3.05) is 11.1 Å². The average molecular weight is 283 g/mol. The lowest BCUT2D eigenvalue weighted by atomic mass is 10.3. The van der Waals surface area contributed by atoms with Crippen LogP contribution in [-0.2, 0) is 0 Å². The largest absolute Gasteiger partial charge is 0.394 e. The third kappa shape index (κ3) is 2.51. The molecule has 0 aliphatic heterocycles. The maximum Gasteiger partial charge on any atom is 0.165 e. The molecule has 0 bridgehead atoms. The van der Waals surface area contributed by atoms with E-state index in [1.54, 1.807) is 16.8 Å². The van der Waals surface area contributed by atoms with E-state index in [0.29, 0.717) is 17.2 Å². The Kier molecular flexibility index (Phi) is 3.66. The lowest BCUT2D eigenvalue weighted by Crippen LogP contribution is -2.08. The normalized spacial score (nSPS) is 11.1. The molecular formula is C13H16ClFN4. The van der Waals surface area contributed by atoms with E-state index in [0.717, 1.165) is 0 Å². The van der Waals surface area contributed by atoms with Crippen LogP contribution in [0.15, 0.2) is 18.2 Å². The van der Waals surface area contributed by atoms with E-state index in [9.17, 15) is 4.39 Å². The Bertz CT molecular complexity index is 607. The monoisotopic (exact) mass is 282 g/mol. The Morgan fingerprint density at radius 3 is 2.74 bits per heavy atom. The summed E-state index contributed by atoms with van der Waals surface area (Å²) in [6, 6.07) is 4.89. The molecule has 1 heterocycles. The molecule has 0 aliphatic rings. The molecule has 19 heavy (non-hydrogen) atoms. The van der Waals surface area contributed by atoms with Crippen LogP contribution < -0.4 is 11.1 Å². The minimum Gasteiger partial charge on any atom is -0.394 e. The molecule has 2 rings (SSSR count). The van der Waals surface area contributed by atoms with Crippen LogP contribution in [0.25, 0.3) is 0 Å². The summed E-state index contributed by atoms with van der Waals surface area (Å²) in [4.78, 5) is 0. The Morgan fingerprint density at radius 1 is 1.42 bits per heavy atom. The zero-order valence-corrected chi connectivity index (χ0v) is 11.8. The van der Waals surface area contributed by atoms with Crippen molar-refractivity contribution >= 4 is 28.8 Å². The average Bonchev–Trinajstić information content (AvgIpc) is 2.63. The zero-order chi connectivity index (χ0) is 14.2. The topological polar surface area (TPSA) is 55.9 Å². The van der Waals surface area contributed by atoms with Crippen LogP contribution in [0.5, 0.6) is 0 Å². The zero-order valence-electron chi connectivity index (χ0n) is 11.0. The molecule has 0 unspecified atom stereocenters. The molecular weight excluding hydrogens is 267 g/mol. The first kappa shape index (κ1) is 13.7. The van der Waals surface area contributed by atoms with E-state index < -0.39 is 5.82 Å². The lowest BCUT2D eigenvalue weighted by molar-refractivity contribution is 0.536. The molecule has 0 aliphatic carbocycles. The van der Waals surface area contributed by atoms with Gasteiger partial charge in [-0.3, -0.25) is 0 Å². The quantitative estimate of drug-likeness (QED) is 0.898. The molecule has 102 valence electrons. The number of nitrogens with two attached hydrogens (primary N) is 1. The molecule has 0 atom stereocenters. The first-order valence-corrected chi connectivity index (χ1v) is 6.35. The fourth-order valence-corrected chi connectivity index (χ4v) is 1.96. The van der Waals surface area contributed by atoms with E-state index in [4.69, 9.17) is 17.3 Å². The molecule has 0 radical (unpaired) electrons. The van der Waals surface area contributed by atoms with Gasteiger partial charge in [0.2, 0.25) is 0 Å². The molecule has 0 amide bonds. The molecule has 2 aromatic rings. The van der Waals surface area contributed by atoms with Gasteiger partial charge in [0, 0.05) is 6.04 Å². The van der Waals surface area contributed by atoms with E-state index in [-0.39, 0.29) is 16.8 Å². The second kappa shape index (κ2) is 5.09. The summed E-state index contributed by atoms with van der Waals surface area (Å²) in [5.74, 6) is 0.0754. The van der Waals surface area contributed by atoms with Gasteiger partial charge in [0.1, 0.15) is 0 Å². The highest BCUT2D eigenvalue weighted by atomic mass is 35.5. The van der Waals surface area contributed by atoms with Gasteiger partial charge < -0.3 is 11.1 Å². The summed E-state index contributed by atoms with van der Waals surface area (Å²) >= 11 is 5.76. The Labute approximate surface area is 116 Å². The number of nitrogen functional groups attached to an aromatic ring is 1. The Morgan fingerprint density at radius 2 is 2.11 bits per heavy atom. The molecule has 0 spiro atoms. The van der Waals surface area contributed by atoms with E-state index in [1.807, 2.05) is 20.8 Å². The van der Waals surface area contributed by atoms with Crippen molar-refractivity contribution in [2.24, 2.45) is 0 Å². The predicted molar refractivity (Wildman–Crippen MR) is 76.5 cm³/mol. The van der Waals surface area contributed by atoms with Crippen LogP contribution in [0.3, 0.4) is 0 Å². The van der Waals surface area contributed by atoms with Crippen molar-refractivity contribution in [1.82, 2.24) is 9.78 Å². The summed E-state index contributed by atoms with van der Waals surface area (Å²) in [7, 11) is 0. The number of halogens is 2. The third-order valence-electron chi connectivity index (χ3n) is 2.83. The highest BCUT2D eigenvalue weighted by Gasteiger charge is 2.16. The number of aromatic nitrogens is 2. The van der Waals surface area contributed by atoms with Gasteiger partial charge in [0.05, 0.1) is 22.1 Å². The van der Waals surface area contributed by atoms with E-state index in [2.05, 4.69) is 10.4 Å². The van der Waals surface area contributed by atoms with Gasteiger partial charge in [0.25, 0.3) is 0 Å². The summed E-state index contributed by atoms with van der Waals surface area (Å²) in [6.07, 6.45) is 0. The molecule has 1 aromatic carbocycles. The van der Waals surface area contributed by atoms with Crippen LogP contribution in [-0.4, -0.2) is 9.78 Å². The van der Waals surface area contributed by atoms with Gasteiger partial charge in [0.15, 0.2) is 11.6 Å². The van der Waals surface area contributed by atoms with Gasteiger partial charge in [-0.05, 0) is 32.9 Å². The molecule has 0 saturated carbocycles. The van der Waals surface area contributed by atoms with E-state index in [1.165, 1.54) is 6.07 Å². The maximum atomic E-state index is 13.9. The first-order valence-electron chi connectivity index (χ1n) is 5.97. The second-order valence-electron chi connectivity index (χ2n) is 4.61. The molecule has 6 heteroatoms. The van der Waals surface area contributed by atoms with Crippen LogP contribution in [0.2, 0.25) is 5.02 Å². The van der Waals surface area contributed by atoms with Crippen LogP contribution >= 0.6 is 11.6 Å². The van der Waals surface area contributed by atoms with Crippen molar-refractivity contribution < 1.29 is 4.39 Å². The van der Waals surface area contributed by atoms with Crippen molar-refractivity contribution in [3.8, 4) is 0 Å². The van der Waals surface area contributed by atoms with Gasteiger partial charge in [-0.2, -0.15) is 5.10 Å². The number of nitrogens with zero attached hydrogens (tertiary/aromatic N) is 2. The van der Waals surface area contributed by atoms with E-state index >= 15 is 0 Å². The summed E-state index contributed by atoms with van der Waals surface area (Å²) in [5.41, 5.74) is 7.47. The number of anilines is 3. The maximum absolute atomic E-state index is 13.9. The van der Waals surface area contributed by atoms with Crippen LogP contribution in [0.4, 0.5) is 21.6 Å². The fourth-order valence-electron chi connectivity index (χ4n) is 1.79. The van der Waals surface area contributed by atoms with Gasteiger partial charge in [-0.25, -0.2) is 9.07 Å². The smallest absolute Gasteiger partial charge is 0.165 e. The summed E-state index contributed by atoms with van der Waals surface area (Å²) in [6.45, 7) is 5.77. The number of hydrogen-bond acceptors (Lipinski definition) is 3. The van der Waals surface area contributed by atoms with Crippen LogP contribution in [0.1, 0.15) is 25.6 Å². The SMILES string of the molecule is Cc1nn(C(C)C)c(Nc2cccc(Cl)c2F)c1N. The molecule has 0 saturated heterocycles. The van der Waals surface area contributed by atoms with Gasteiger partial charge >= 0.3 is 0 Å². The Hall–Kier alpha value is -1.75. The summed E-state index contributed by atoms with van der Waals surface area (Å²) < 4.78 is 15.6. The van der Waals surface area contributed by atoms with Crippen molar-refractivity contribution in [2.45, 2.75) is 26.8 Å². The number of rotatable bonds is 3. The Balaban J connectivity index is 2.46. The number of hydrogen-bond donors (Lipinski definition) is 2. The number of nitrogens with one attached hydrogen (secondary N) is 1. The van der Waals surface area contributed by atoms with Crippen molar-refractivity contribution in [3.63, 3.8) is 0 Å². The third-order valence-corrected chi connectivity index (χ3v) is 3.12. The van der Waals surface area contributed by atoms with Crippen molar-refractivity contribution in [1.29, 1.82) is 0 Å². The molecule has 0 fully saturated rings. The van der Waals surface area contributed by atoms with Gasteiger partial charge in [-0.15, -0.1) is 0 Å². The number of benzene rings is 1. The van der Waals surface area contributed by atoms with Crippen LogP contribution in [0, 0.1) is 12.7 Å². The first-order chi connectivity index (χ1) is 8.91. The fraction of sp³-hybridized carbons (Fsp3) is 0.308. The standard InChI is InChI=1S/C13H16ClFN4/c1-7(2)19-13(12(16)8(3)18-19)17-10-6-4-5-9(14)11(10)15/h4-7,17H,16H2,1-3H3. The van der Waals surface area contributed by atoms with Crippen molar-refractivity contribution in [3.05, 3.63) is 34.7 Å². The lowest BCUT2D eigenvalue weighted by Gasteiger charge is -2.14. The second-order valence-corrected chi connectivity index (χ2v) is 5.02. The minimum atomic E-state index is -0.502. The number of aryl methyl sites for hydroxylation is 1. The molecule has 1 aromatic heterocycles. The molecule has 3 N–H and O–H groups in total. The van der Waals surface area contributed by atoms with Gasteiger partial charge in [-0.1, -0.05) is 17.7 Å². The summed E-state index contributed by atoms with van der Waals surface area (Å²) in [5, 5.41) is 7.37. The predicted octanol–water partition coefficient (Wildman–Crippen LogP) is 3.89. The highest BCUT2D eigenvalue weighted by molar-refractivity contribution is 6.31. The highest BCUT2D eigenvalue weighted by Crippen LogP contribution is 2.31. The minimum absolute atomic E-state index is 0.0657. The molecule has 4 nitrogen and oxygen atoms in total.